The Balaban J connectivity index is 0.000000203. The van der Waals surface area contributed by atoms with E-state index in [0.29, 0.717) is 5.91 Å². The third kappa shape index (κ3) is 4.34. The molecule has 2 aliphatic heterocycles. The summed E-state index contributed by atoms with van der Waals surface area (Å²) in [5, 5.41) is 6.14. The van der Waals surface area contributed by atoms with Crippen LogP contribution in [-0.4, -0.2) is 55.5 Å². The molecule has 2 saturated heterocycles. The topological polar surface area (TPSA) is 35.6 Å². The van der Waals surface area contributed by atoms with E-state index in [9.17, 15) is 4.79 Å². The molecule has 4 heteroatoms. The summed E-state index contributed by atoms with van der Waals surface area (Å²) in [6.45, 7) is 6.57. The lowest BCUT2D eigenvalue weighted by molar-refractivity contribution is -0.126. The third-order valence-corrected chi connectivity index (χ3v) is 4.79. The quantitative estimate of drug-likeness (QED) is 0.921. The Labute approximate surface area is 144 Å². The van der Waals surface area contributed by atoms with Crippen LogP contribution < -0.4 is 5.32 Å². The first kappa shape index (κ1) is 16.9. The van der Waals surface area contributed by atoms with Crippen molar-refractivity contribution in [3.05, 3.63) is 48.0 Å². The lowest BCUT2D eigenvalue weighted by Crippen LogP contribution is -2.42. The van der Waals surface area contributed by atoms with Crippen LogP contribution in [0.4, 0.5) is 0 Å². The predicted molar refractivity (Wildman–Crippen MR) is 99.0 cm³/mol. The molecule has 1 amide bonds. The summed E-state index contributed by atoms with van der Waals surface area (Å²) in [5.41, 5.74) is 1.45. The van der Waals surface area contributed by atoms with Gasteiger partial charge in [0.25, 0.3) is 0 Å². The molecule has 2 aromatic rings. The van der Waals surface area contributed by atoms with Crippen molar-refractivity contribution in [3.8, 4) is 0 Å². The molecule has 4 nitrogen and oxygen atoms in total. The van der Waals surface area contributed by atoms with E-state index in [1.54, 1.807) is 4.90 Å². The molecule has 24 heavy (non-hydrogen) atoms. The van der Waals surface area contributed by atoms with Gasteiger partial charge in [0.15, 0.2) is 0 Å². The van der Waals surface area contributed by atoms with Gasteiger partial charge >= 0.3 is 0 Å². The number of nitrogens with zero attached hydrogens (tertiary/aromatic N) is 2. The van der Waals surface area contributed by atoms with Crippen molar-refractivity contribution < 1.29 is 4.79 Å². The van der Waals surface area contributed by atoms with Crippen molar-refractivity contribution in [2.75, 3.05) is 39.8 Å². The molecule has 2 fully saturated rings. The smallest absolute Gasteiger partial charge is 0.222 e. The fraction of sp³-hybridized carbons (Fsp3) is 0.450. The minimum Gasteiger partial charge on any atom is -0.346 e. The summed E-state index contributed by atoms with van der Waals surface area (Å²) < 4.78 is 0. The second-order valence-electron chi connectivity index (χ2n) is 6.58. The number of piperazine rings is 1. The van der Waals surface area contributed by atoms with Gasteiger partial charge in [0, 0.05) is 52.7 Å². The van der Waals surface area contributed by atoms with Crippen molar-refractivity contribution in [1.29, 1.82) is 0 Å². The van der Waals surface area contributed by atoms with E-state index < -0.39 is 0 Å². The number of carbonyl (C=O) groups is 1. The number of benzene rings is 2. The maximum atomic E-state index is 10.5. The first-order chi connectivity index (χ1) is 11.7. The number of likely N-dealkylation sites (tertiary alicyclic amines) is 1. The van der Waals surface area contributed by atoms with Gasteiger partial charge < -0.3 is 10.2 Å². The number of carbonyl (C=O) groups excluding carboxylic acids is 1. The van der Waals surface area contributed by atoms with Gasteiger partial charge in [-0.05, 0) is 22.8 Å². The third-order valence-electron chi connectivity index (χ3n) is 4.79. The maximum Gasteiger partial charge on any atom is 0.222 e. The van der Waals surface area contributed by atoms with Crippen LogP contribution in [0, 0.1) is 0 Å². The summed E-state index contributed by atoms with van der Waals surface area (Å²) in [6.07, 6.45) is 1.81. The van der Waals surface area contributed by atoms with E-state index in [-0.39, 0.29) is 0 Å². The Hall–Kier alpha value is -1.91. The van der Waals surface area contributed by atoms with Crippen LogP contribution in [0.15, 0.2) is 42.5 Å². The number of hydrogen-bond donors (Lipinski definition) is 1. The number of rotatable bonds is 2. The lowest BCUT2D eigenvalue weighted by Gasteiger charge is -2.27. The second-order valence-corrected chi connectivity index (χ2v) is 6.58. The first-order valence-electron chi connectivity index (χ1n) is 8.88. The molecule has 2 aromatic carbocycles. The average molecular weight is 325 g/mol. The zero-order chi connectivity index (χ0) is 16.8. The normalized spacial score (nSPS) is 18.5. The highest BCUT2D eigenvalue weighted by Gasteiger charge is 2.14. The van der Waals surface area contributed by atoms with Crippen LogP contribution in [-0.2, 0) is 11.3 Å². The van der Waals surface area contributed by atoms with Crippen LogP contribution in [0.3, 0.4) is 0 Å². The molecule has 2 heterocycles. The number of amides is 1. The fourth-order valence-corrected chi connectivity index (χ4v) is 3.32. The van der Waals surface area contributed by atoms with Gasteiger partial charge in [-0.3, -0.25) is 9.69 Å². The largest absolute Gasteiger partial charge is 0.346 e. The van der Waals surface area contributed by atoms with E-state index in [4.69, 9.17) is 0 Å². The first-order valence-corrected chi connectivity index (χ1v) is 8.88. The molecule has 1 N–H and O–H groups in total. The van der Waals surface area contributed by atoms with Gasteiger partial charge in [0.05, 0.1) is 0 Å². The molecule has 0 aliphatic carbocycles. The van der Waals surface area contributed by atoms with E-state index in [0.717, 1.165) is 52.1 Å². The van der Waals surface area contributed by atoms with E-state index in [1.165, 1.54) is 16.3 Å². The maximum absolute atomic E-state index is 10.5. The number of hydrogen-bond acceptors (Lipinski definition) is 3. The SMILES string of the molecule is CN1CCCC1=O.c1ccc2c(CN3CCNCC3)cccc2c1. The van der Waals surface area contributed by atoms with Crippen LogP contribution in [0.5, 0.6) is 0 Å². The molecule has 0 radical (unpaired) electrons. The van der Waals surface area contributed by atoms with Gasteiger partial charge in [0.2, 0.25) is 5.91 Å². The molecule has 4 rings (SSSR count). The van der Waals surface area contributed by atoms with Gasteiger partial charge in [-0.2, -0.15) is 0 Å². The molecule has 128 valence electrons. The summed E-state index contributed by atoms with van der Waals surface area (Å²) in [5.74, 6) is 0.292. The molecule has 0 spiro atoms. The van der Waals surface area contributed by atoms with Gasteiger partial charge in [0.1, 0.15) is 0 Å². The zero-order valence-corrected chi connectivity index (χ0v) is 14.5. The van der Waals surface area contributed by atoms with E-state index >= 15 is 0 Å². The number of nitrogens with one attached hydrogen (secondary N) is 1. The molecular formula is C20H27N3O. The molecule has 0 aromatic heterocycles. The predicted octanol–water partition coefficient (Wildman–Crippen LogP) is 2.48. The van der Waals surface area contributed by atoms with E-state index in [1.807, 2.05) is 7.05 Å². The molecule has 0 atom stereocenters. The van der Waals surface area contributed by atoms with Crippen molar-refractivity contribution in [1.82, 2.24) is 15.1 Å². The van der Waals surface area contributed by atoms with Crippen molar-refractivity contribution in [2.45, 2.75) is 19.4 Å². The average Bonchev–Trinajstić information content (AvgIpc) is 3.00. The Morgan fingerprint density at radius 3 is 2.42 bits per heavy atom. The highest BCUT2D eigenvalue weighted by atomic mass is 16.2. The monoisotopic (exact) mass is 325 g/mol. The van der Waals surface area contributed by atoms with Crippen LogP contribution in [0.2, 0.25) is 0 Å². The van der Waals surface area contributed by atoms with Gasteiger partial charge in [-0.25, -0.2) is 0 Å². The number of fused-ring (bicyclic) bond motifs is 1. The van der Waals surface area contributed by atoms with Crippen molar-refractivity contribution in [2.24, 2.45) is 0 Å². The molecule has 0 saturated carbocycles. The standard InChI is InChI=1S/C15H18N2.C5H9NO/c1-2-7-15-13(4-1)5-3-6-14(15)12-17-10-8-16-9-11-17;1-6-4-2-3-5(6)7/h1-7,16H,8-12H2;2-4H2,1H3. The minimum atomic E-state index is 0.292. The summed E-state index contributed by atoms with van der Waals surface area (Å²) >= 11 is 0. The van der Waals surface area contributed by atoms with Crippen LogP contribution in [0.1, 0.15) is 18.4 Å². The minimum absolute atomic E-state index is 0.292. The van der Waals surface area contributed by atoms with E-state index in [2.05, 4.69) is 52.7 Å². The molecule has 0 unspecified atom stereocenters. The Morgan fingerprint density at radius 2 is 1.75 bits per heavy atom. The highest BCUT2D eigenvalue weighted by molar-refractivity contribution is 5.85. The Bertz CT molecular complexity index is 674. The Morgan fingerprint density at radius 1 is 1.00 bits per heavy atom. The van der Waals surface area contributed by atoms with Crippen LogP contribution >= 0.6 is 0 Å². The summed E-state index contributed by atoms with van der Waals surface area (Å²) in [7, 11) is 1.84. The summed E-state index contributed by atoms with van der Waals surface area (Å²) in [6, 6.07) is 15.3. The van der Waals surface area contributed by atoms with Gasteiger partial charge in [-0.1, -0.05) is 42.5 Å². The van der Waals surface area contributed by atoms with Crippen molar-refractivity contribution in [3.63, 3.8) is 0 Å². The summed E-state index contributed by atoms with van der Waals surface area (Å²) in [4.78, 5) is 14.8. The Kier molecular flexibility index (Phi) is 5.83. The van der Waals surface area contributed by atoms with Gasteiger partial charge in [-0.15, -0.1) is 0 Å². The zero-order valence-electron chi connectivity index (χ0n) is 14.5. The lowest BCUT2D eigenvalue weighted by atomic mass is 10.0. The van der Waals surface area contributed by atoms with Crippen LogP contribution in [0.25, 0.3) is 10.8 Å². The van der Waals surface area contributed by atoms with Crippen molar-refractivity contribution >= 4 is 16.7 Å². The molecule has 0 bridgehead atoms. The fourth-order valence-electron chi connectivity index (χ4n) is 3.32. The molecular weight excluding hydrogens is 298 g/mol. The highest BCUT2D eigenvalue weighted by Crippen LogP contribution is 2.20. The molecule has 2 aliphatic rings. The second kappa shape index (κ2) is 8.27.